The van der Waals surface area contributed by atoms with Gasteiger partial charge in [-0.3, -0.25) is 15.5 Å². The number of halogens is 1. The highest BCUT2D eigenvalue weighted by Gasteiger charge is 2.14. The number of aryl methyl sites for hydroxylation is 1. The van der Waals surface area contributed by atoms with Crippen LogP contribution in [-0.2, 0) is 6.61 Å². The summed E-state index contributed by atoms with van der Waals surface area (Å²) in [6.45, 7) is 4.38. The zero-order chi connectivity index (χ0) is 24.1. The van der Waals surface area contributed by atoms with Crippen LogP contribution < -0.4 is 10.2 Å². The molecule has 4 rings (SSSR count). The molecule has 0 amide bonds. The number of nitrogens with one attached hydrogen (secondary N) is 1. The average molecular weight is 476 g/mol. The Hall–Kier alpha value is -4.17. The molecule has 0 saturated heterocycles. The number of benzene rings is 2. The van der Waals surface area contributed by atoms with Crippen molar-refractivity contribution in [2.75, 3.05) is 5.43 Å². The summed E-state index contributed by atoms with van der Waals surface area (Å²) in [5.74, 6) is 0.832. The number of aromatic nitrogens is 2. The standard InChI is InChI=1S/C25H22ClN5O3/c1-17-14-20(15-28-29-25-24(31(32)33)8-5-13-27-25)18(2)30(17)21-9-11-22(12-10-21)34-16-19-6-3-4-7-23(19)26/h3-15H,16H2,1-2H3,(H,27,29)/b28-15-. The third kappa shape index (κ3) is 5.07. The van der Waals surface area contributed by atoms with Gasteiger partial charge in [-0.15, -0.1) is 0 Å². The van der Waals surface area contributed by atoms with E-state index in [4.69, 9.17) is 16.3 Å². The molecule has 2 aromatic heterocycles. The number of rotatable bonds is 8. The lowest BCUT2D eigenvalue weighted by molar-refractivity contribution is -0.384. The molecule has 0 spiro atoms. The fourth-order valence-corrected chi connectivity index (χ4v) is 3.77. The van der Waals surface area contributed by atoms with E-state index in [9.17, 15) is 10.1 Å². The molecule has 172 valence electrons. The Kier molecular flexibility index (Phi) is 6.89. The summed E-state index contributed by atoms with van der Waals surface area (Å²) in [4.78, 5) is 14.6. The van der Waals surface area contributed by atoms with Gasteiger partial charge in [-0.2, -0.15) is 5.10 Å². The van der Waals surface area contributed by atoms with Crippen molar-refractivity contribution in [3.8, 4) is 11.4 Å². The van der Waals surface area contributed by atoms with Gasteiger partial charge in [0.1, 0.15) is 12.4 Å². The van der Waals surface area contributed by atoms with Crippen LogP contribution in [0.4, 0.5) is 11.5 Å². The zero-order valence-corrected chi connectivity index (χ0v) is 19.4. The second-order valence-electron chi connectivity index (χ2n) is 7.53. The van der Waals surface area contributed by atoms with E-state index in [2.05, 4.69) is 20.1 Å². The maximum atomic E-state index is 11.1. The molecule has 0 unspecified atom stereocenters. The van der Waals surface area contributed by atoms with E-state index in [0.29, 0.717) is 11.6 Å². The van der Waals surface area contributed by atoms with E-state index < -0.39 is 4.92 Å². The third-order valence-electron chi connectivity index (χ3n) is 5.27. The number of nitrogens with zero attached hydrogens (tertiary/aromatic N) is 4. The SMILES string of the molecule is Cc1cc(/C=N\Nc2ncccc2[N+](=O)[O-])c(C)n1-c1ccc(OCc2ccccc2Cl)cc1. The molecule has 0 aliphatic heterocycles. The first kappa shape index (κ1) is 23.0. The molecule has 0 bridgehead atoms. The quantitative estimate of drug-likeness (QED) is 0.189. The second-order valence-corrected chi connectivity index (χ2v) is 7.94. The Bertz CT molecular complexity index is 1350. The first-order valence-electron chi connectivity index (χ1n) is 10.5. The Labute approximate surface area is 201 Å². The predicted octanol–water partition coefficient (Wildman–Crippen LogP) is 6.08. The highest BCUT2D eigenvalue weighted by Crippen LogP contribution is 2.24. The molecule has 0 aliphatic rings. The molecular formula is C25H22ClN5O3. The summed E-state index contributed by atoms with van der Waals surface area (Å²) in [5, 5.41) is 16.0. The van der Waals surface area contributed by atoms with E-state index in [0.717, 1.165) is 34.0 Å². The van der Waals surface area contributed by atoms with Crippen LogP contribution in [0.5, 0.6) is 5.75 Å². The van der Waals surface area contributed by atoms with Crippen molar-refractivity contribution in [2.24, 2.45) is 5.10 Å². The molecule has 1 N–H and O–H groups in total. The van der Waals surface area contributed by atoms with Gasteiger partial charge >= 0.3 is 5.69 Å². The largest absolute Gasteiger partial charge is 0.489 e. The van der Waals surface area contributed by atoms with Crippen LogP contribution in [0.2, 0.25) is 5.02 Å². The normalized spacial score (nSPS) is 11.0. The van der Waals surface area contributed by atoms with Crippen LogP contribution in [-0.4, -0.2) is 20.7 Å². The van der Waals surface area contributed by atoms with Gasteiger partial charge in [0, 0.05) is 45.5 Å². The number of pyridine rings is 1. The Morgan fingerprint density at radius 2 is 1.91 bits per heavy atom. The summed E-state index contributed by atoms with van der Waals surface area (Å²) in [7, 11) is 0. The molecule has 0 radical (unpaired) electrons. The van der Waals surface area contributed by atoms with Crippen LogP contribution in [0.1, 0.15) is 22.5 Å². The molecule has 2 heterocycles. The third-order valence-corrected chi connectivity index (χ3v) is 5.64. The van der Waals surface area contributed by atoms with Gasteiger partial charge in [-0.05, 0) is 56.3 Å². The van der Waals surface area contributed by atoms with Crippen molar-refractivity contribution in [3.63, 3.8) is 0 Å². The first-order valence-corrected chi connectivity index (χ1v) is 10.9. The number of anilines is 1. The van der Waals surface area contributed by atoms with Gasteiger partial charge < -0.3 is 9.30 Å². The van der Waals surface area contributed by atoms with Crippen LogP contribution in [0.15, 0.2) is 78.0 Å². The minimum atomic E-state index is -0.501. The molecule has 34 heavy (non-hydrogen) atoms. The van der Waals surface area contributed by atoms with E-state index in [-0.39, 0.29) is 11.5 Å². The summed E-state index contributed by atoms with van der Waals surface area (Å²) in [6.07, 6.45) is 3.09. The summed E-state index contributed by atoms with van der Waals surface area (Å²) in [6, 6.07) is 20.3. The van der Waals surface area contributed by atoms with Crippen LogP contribution >= 0.6 is 11.6 Å². The summed E-state index contributed by atoms with van der Waals surface area (Å²) < 4.78 is 7.97. The van der Waals surface area contributed by atoms with E-state index in [1.165, 1.54) is 18.3 Å². The maximum absolute atomic E-state index is 11.1. The number of nitro groups is 1. The molecule has 0 saturated carbocycles. The van der Waals surface area contributed by atoms with Crippen molar-refractivity contribution < 1.29 is 9.66 Å². The number of hydrogen-bond acceptors (Lipinski definition) is 6. The van der Waals surface area contributed by atoms with E-state index in [1.807, 2.05) is 68.4 Å². The second kappa shape index (κ2) is 10.2. The summed E-state index contributed by atoms with van der Waals surface area (Å²) >= 11 is 6.19. The van der Waals surface area contributed by atoms with Crippen LogP contribution in [0.3, 0.4) is 0 Å². The average Bonchev–Trinajstić information content (AvgIpc) is 3.12. The monoisotopic (exact) mass is 475 g/mol. The van der Waals surface area contributed by atoms with Crippen LogP contribution in [0, 0.1) is 24.0 Å². The minimum absolute atomic E-state index is 0.0879. The highest BCUT2D eigenvalue weighted by molar-refractivity contribution is 6.31. The summed E-state index contributed by atoms with van der Waals surface area (Å²) in [5.41, 5.74) is 7.30. The van der Waals surface area contributed by atoms with E-state index >= 15 is 0 Å². The smallest absolute Gasteiger partial charge is 0.313 e. The number of ether oxygens (including phenoxy) is 1. The molecule has 2 aromatic carbocycles. The van der Waals surface area contributed by atoms with Crippen LogP contribution in [0.25, 0.3) is 5.69 Å². The van der Waals surface area contributed by atoms with Crippen molar-refractivity contribution in [1.29, 1.82) is 0 Å². The van der Waals surface area contributed by atoms with Crippen molar-refractivity contribution >= 4 is 29.3 Å². The molecular weight excluding hydrogens is 454 g/mol. The van der Waals surface area contributed by atoms with Crippen molar-refractivity contribution in [3.05, 3.63) is 111 Å². The van der Waals surface area contributed by atoms with Crippen molar-refractivity contribution in [1.82, 2.24) is 9.55 Å². The molecule has 0 atom stereocenters. The van der Waals surface area contributed by atoms with Crippen molar-refractivity contribution in [2.45, 2.75) is 20.5 Å². The van der Waals surface area contributed by atoms with Gasteiger partial charge in [0.2, 0.25) is 5.82 Å². The van der Waals surface area contributed by atoms with Gasteiger partial charge in [0.05, 0.1) is 11.1 Å². The number of hydrogen-bond donors (Lipinski definition) is 1. The Morgan fingerprint density at radius 1 is 1.15 bits per heavy atom. The minimum Gasteiger partial charge on any atom is -0.489 e. The highest BCUT2D eigenvalue weighted by atomic mass is 35.5. The fourth-order valence-electron chi connectivity index (χ4n) is 3.58. The molecule has 0 fully saturated rings. The predicted molar refractivity (Wildman–Crippen MR) is 133 cm³/mol. The van der Waals surface area contributed by atoms with Gasteiger partial charge in [0.15, 0.2) is 0 Å². The molecule has 9 heteroatoms. The van der Waals surface area contributed by atoms with Gasteiger partial charge in [-0.1, -0.05) is 29.8 Å². The maximum Gasteiger partial charge on any atom is 0.313 e. The number of hydrazone groups is 1. The zero-order valence-electron chi connectivity index (χ0n) is 18.6. The van der Waals surface area contributed by atoms with E-state index in [1.54, 1.807) is 6.21 Å². The molecule has 4 aromatic rings. The topological polar surface area (TPSA) is 94.6 Å². The fraction of sp³-hybridized carbons (Fsp3) is 0.120. The Morgan fingerprint density at radius 3 is 2.65 bits per heavy atom. The first-order chi connectivity index (χ1) is 16.4. The molecule has 8 nitrogen and oxygen atoms in total. The van der Waals surface area contributed by atoms with Gasteiger partial charge in [0.25, 0.3) is 0 Å². The van der Waals surface area contributed by atoms with Gasteiger partial charge in [-0.25, -0.2) is 4.98 Å². The Balaban J connectivity index is 1.47. The molecule has 0 aliphatic carbocycles. The lowest BCUT2D eigenvalue weighted by Gasteiger charge is -2.12. The lowest BCUT2D eigenvalue weighted by atomic mass is 10.2. The lowest BCUT2D eigenvalue weighted by Crippen LogP contribution is -2.01.